The highest BCUT2D eigenvalue weighted by molar-refractivity contribution is 7.94. The third-order valence-electron chi connectivity index (χ3n) is 6.33. The Morgan fingerprint density at radius 1 is 0.938 bits per heavy atom. The van der Waals surface area contributed by atoms with Crippen LogP contribution in [0.1, 0.15) is 75.8 Å². The average molecular weight is 450 g/mol. The molecular weight excluding hydrogens is 410 g/mol. The van der Waals surface area contributed by atoms with Crippen molar-refractivity contribution in [3.63, 3.8) is 0 Å². The van der Waals surface area contributed by atoms with Crippen LogP contribution in [0, 0.1) is 6.92 Å². The minimum atomic E-state index is 0.379. The van der Waals surface area contributed by atoms with Gasteiger partial charge in [0.2, 0.25) is 0 Å². The molecule has 1 aliphatic heterocycles. The second kappa shape index (κ2) is 11.8. The van der Waals surface area contributed by atoms with Gasteiger partial charge < -0.3 is 0 Å². The van der Waals surface area contributed by atoms with Gasteiger partial charge in [-0.3, -0.25) is 4.99 Å². The van der Waals surface area contributed by atoms with Gasteiger partial charge in [0.1, 0.15) is 0 Å². The van der Waals surface area contributed by atoms with E-state index in [1.165, 1.54) is 39.2 Å². The second-order valence-corrected chi connectivity index (χ2v) is 9.83. The van der Waals surface area contributed by atoms with Crippen LogP contribution in [0.2, 0.25) is 0 Å². The van der Waals surface area contributed by atoms with Crippen molar-refractivity contribution in [3.8, 4) is 0 Å². The monoisotopic (exact) mass is 449 g/mol. The topological polar surface area (TPSA) is 18.8 Å². The van der Waals surface area contributed by atoms with Crippen molar-refractivity contribution in [3.05, 3.63) is 82.1 Å². The molecule has 1 heterocycles. The van der Waals surface area contributed by atoms with E-state index in [2.05, 4.69) is 98.7 Å². The SMILES string of the molecule is CCN(CC)SN(CC)C(C)c1cccc(CCC2=C(C)CC(c3ccc(C)cc3)=N2)c1. The first kappa shape index (κ1) is 24.8. The molecule has 3 rings (SSSR count). The van der Waals surface area contributed by atoms with Gasteiger partial charge in [0.25, 0.3) is 0 Å². The van der Waals surface area contributed by atoms with E-state index in [0.717, 1.165) is 38.9 Å². The Morgan fingerprint density at radius 3 is 2.31 bits per heavy atom. The molecule has 1 aliphatic rings. The number of aliphatic imine (C=N–C) groups is 1. The standard InChI is InChI=1S/C28H39N3S/c1-7-30(8-2)32-31(9-3)23(6)26-12-10-11-24(20-26)15-18-27-22(5)19-28(29-27)25-16-13-21(4)14-17-25/h10-14,16-17,20,23H,7-9,15,18-19H2,1-6H3. The van der Waals surface area contributed by atoms with E-state index in [1.54, 1.807) is 0 Å². The molecule has 0 radical (unpaired) electrons. The number of aryl methyl sites for hydroxylation is 2. The largest absolute Gasteiger partial charge is 0.257 e. The fourth-order valence-corrected chi connectivity index (χ4v) is 5.07. The van der Waals surface area contributed by atoms with Gasteiger partial charge in [0.05, 0.1) is 5.71 Å². The lowest BCUT2D eigenvalue weighted by atomic mass is 10.0. The van der Waals surface area contributed by atoms with E-state index >= 15 is 0 Å². The van der Waals surface area contributed by atoms with E-state index in [-0.39, 0.29) is 0 Å². The number of allylic oxidation sites excluding steroid dienone is 2. The van der Waals surface area contributed by atoms with Crippen LogP contribution < -0.4 is 0 Å². The predicted molar refractivity (Wildman–Crippen MR) is 141 cm³/mol. The molecule has 32 heavy (non-hydrogen) atoms. The molecule has 0 bridgehead atoms. The van der Waals surface area contributed by atoms with E-state index in [4.69, 9.17) is 4.99 Å². The van der Waals surface area contributed by atoms with Crippen LogP contribution in [0.5, 0.6) is 0 Å². The molecule has 0 saturated carbocycles. The summed E-state index contributed by atoms with van der Waals surface area (Å²) in [5, 5.41) is 0. The van der Waals surface area contributed by atoms with Crippen LogP contribution in [0.4, 0.5) is 0 Å². The minimum absolute atomic E-state index is 0.379. The number of rotatable bonds is 11. The first-order valence-electron chi connectivity index (χ1n) is 12.1. The van der Waals surface area contributed by atoms with Gasteiger partial charge in [0.15, 0.2) is 0 Å². The van der Waals surface area contributed by atoms with Gasteiger partial charge in [-0.05, 0) is 55.9 Å². The minimum Gasteiger partial charge on any atom is -0.257 e. The Kier molecular flexibility index (Phi) is 9.15. The Morgan fingerprint density at radius 2 is 1.66 bits per heavy atom. The molecule has 1 unspecified atom stereocenters. The van der Waals surface area contributed by atoms with Gasteiger partial charge in [-0.1, -0.05) is 74.9 Å². The molecule has 2 aromatic carbocycles. The molecule has 2 aromatic rings. The van der Waals surface area contributed by atoms with Gasteiger partial charge in [-0.2, -0.15) is 0 Å². The molecule has 0 amide bonds. The fraction of sp³-hybridized carbons (Fsp3) is 0.464. The number of nitrogens with zero attached hydrogens (tertiary/aromatic N) is 3. The van der Waals surface area contributed by atoms with Gasteiger partial charge in [-0.15, -0.1) is 0 Å². The summed E-state index contributed by atoms with van der Waals surface area (Å²) in [6, 6.07) is 18.3. The summed E-state index contributed by atoms with van der Waals surface area (Å²) in [4.78, 5) is 5.01. The Labute approximate surface area is 199 Å². The zero-order chi connectivity index (χ0) is 23.1. The molecule has 0 N–H and O–H groups in total. The van der Waals surface area contributed by atoms with E-state index < -0.39 is 0 Å². The van der Waals surface area contributed by atoms with Crippen molar-refractivity contribution in [1.29, 1.82) is 0 Å². The lowest BCUT2D eigenvalue weighted by Gasteiger charge is -2.31. The third-order valence-corrected chi connectivity index (χ3v) is 7.86. The first-order valence-corrected chi connectivity index (χ1v) is 12.8. The van der Waals surface area contributed by atoms with Crippen molar-refractivity contribution in [2.24, 2.45) is 4.99 Å². The third kappa shape index (κ3) is 6.34. The Hall–Kier alpha value is -1.88. The molecule has 3 nitrogen and oxygen atoms in total. The highest BCUT2D eigenvalue weighted by atomic mass is 32.2. The molecule has 0 aromatic heterocycles. The van der Waals surface area contributed by atoms with Crippen LogP contribution in [0.15, 0.2) is 64.8 Å². The van der Waals surface area contributed by atoms with Crippen LogP contribution in [0.25, 0.3) is 0 Å². The Balaban J connectivity index is 1.65. The summed E-state index contributed by atoms with van der Waals surface area (Å²) in [6.45, 7) is 16.5. The normalized spacial score (nSPS) is 15.1. The number of benzene rings is 2. The van der Waals surface area contributed by atoms with Crippen molar-refractivity contribution in [2.75, 3.05) is 19.6 Å². The van der Waals surface area contributed by atoms with Crippen LogP contribution >= 0.6 is 12.1 Å². The Bertz CT molecular complexity index is 941. The summed E-state index contributed by atoms with van der Waals surface area (Å²) in [5.41, 5.74) is 9.24. The number of hydrogen-bond donors (Lipinski definition) is 0. The zero-order valence-electron chi connectivity index (χ0n) is 20.7. The summed E-state index contributed by atoms with van der Waals surface area (Å²) in [7, 11) is 0. The number of hydrogen-bond acceptors (Lipinski definition) is 4. The second-order valence-electron chi connectivity index (χ2n) is 8.68. The highest BCUT2D eigenvalue weighted by Gasteiger charge is 2.19. The van der Waals surface area contributed by atoms with Crippen molar-refractivity contribution >= 4 is 17.8 Å². The molecule has 0 aliphatic carbocycles. The van der Waals surface area contributed by atoms with Gasteiger partial charge in [-0.25, -0.2) is 8.61 Å². The maximum absolute atomic E-state index is 5.01. The van der Waals surface area contributed by atoms with Crippen molar-refractivity contribution in [1.82, 2.24) is 8.61 Å². The summed E-state index contributed by atoms with van der Waals surface area (Å²) < 4.78 is 4.89. The van der Waals surface area contributed by atoms with Crippen LogP contribution in [-0.2, 0) is 6.42 Å². The van der Waals surface area contributed by atoms with Crippen LogP contribution in [0.3, 0.4) is 0 Å². The van der Waals surface area contributed by atoms with Gasteiger partial charge in [0, 0.05) is 49.9 Å². The molecule has 1 atom stereocenters. The lowest BCUT2D eigenvalue weighted by Crippen LogP contribution is -2.27. The maximum Gasteiger partial charge on any atom is 0.0520 e. The fourth-order valence-electron chi connectivity index (χ4n) is 4.16. The molecule has 0 fully saturated rings. The molecule has 0 spiro atoms. The maximum atomic E-state index is 5.01. The average Bonchev–Trinajstić information content (AvgIpc) is 3.19. The first-order chi connectivity index (χ1) is 15.4. The molecule has 4 heteroatoms. The van der Waals surface area contributed by atoms with E-state index in [9.17, 15) is 0 Å². The predicted octanol–water partition coefficient (Wildman–Crippen LogP) is 7.38. The zero-order valence-corrected chi connectivity index (χ0v) is 21.5. The highest BCUT2D eigenvalue weighted by Crippen LogP contribution is 2.30. The summed E-state index contributed by atoms with van der Waals surface area (Å²) in [6.07, 6.45) is 3.02. The quantitative estimate of drug-likeness (QED) is 0.333. The molecule has 172 valence electrons. The molecule has 0 saturated heterocycles. The van der Waals surface area contributed by atoms with E-state index in [0.29, 0.717) is 6.04 Å². The van der Waals surface area contributed by atoms with Crippen LogP contribution in [-0.4, -0.2) is 34.0 Å². The lowest BCUT2D eigenvalue weighted by molar-refractivity contribution is 0.374. The van der Waals surface area contributed by atoms with Gasteiger partial charge >= 0.3 is 0 Å². The molecular formula is C28H39N3S. The van der Waals surface area contributed by atoms with E-state index in [1.807, 2.05) is 12.1 Å². The smallest absolute Gasteiger partial charge is 0.0520 e. The summed E-state index contributed by atoms with van der Waals surface area (Å²) in [5.74, 6) is 0. The van der Waals surface area contributed by atoms with Crippen molar-refractivity contribution < 1.29 is 0 Å². The summed E-state index contributed by atoms with van der Waals surface area (Å²) >= 11 is 1.87. The van der Waals surface area contributed by atoms with Crippen molar-refractivity contribution in [2.45, 2.75) is 66.8 Å².